The maximum atomic E-state index is 4.63. The van der Waals surface area contributed by atoms with Gasteiger partial charge in [0.25, 0.3) is 0 Å². The monoisotopic (exact) mass is 261 g/mol. The van der Waals surface area contributed by atoms with E-state index in [2.05, 4.69) is 41.7 Å². The first-order valence-corrected chi connectivity index (χ1v) is 6.64. The van der Waals surface area contributed by atoms with Gasteiger partial charge in [-0.2, -0.15) is 0 Å². The Hall–Kier alpha value is 0.110. The molecule has 0 unspecified atom stereocenters. The summed E-state index contributed by atoms with van der Waals surface area (Å²) in [6.07, 6.45) is 2.17. The molecule has 13 heavy (non-hydrogen) atoms. The number of hydrogen-bond donors (Lipinski definition) is 0. The van der Waals surface area contributed by atoms with Gasteiger partial charge in [0.2, 0.25) is 0 Å². The smallest absolute Gasteiger partial charge is 0.0933 e. The fourth-order valence-corrected chi connectivity index (χ4v) is 3.14. The summed E-state index contributed by atoms with van der Waals surface area (Å²) < 4.78 is 0. The van der Waals surface area contributed by atoms with Gasteiger partial charge in [-0.15, -0.1) is 11.3 Å². The molecule has 0 radical (unpaired) electrons. The topological polar surface area (TPSA) is 12.9 Å². The highest BCUT2D eigenvalue weighted by Crippen LogP contribution is 2.23. The van der Waals surface area contributed by atoms with Gasteiger partial charge < -0.3 is 0 Å². The average molecular weight is 262 g/mol. The van der Waals surface area contributed by atoms with E-state index < -0.39 is 0 Å². The number of hydrogen-bond acceptors (Lipinski definition) is 2. The summed E-state index contributed by atoms with van der Waals surface area (Å²) in [4.78, 5) is 6.03. The highest BCUT2D eigenvalue weighted by Gasteiger charge is 2.09. The molecule has 0 saturated carbocycles. The van der Waals surface area contributed by atoms with Crippen LogP contribution in [0.15, 0.2) is 0 Å². The van der Waals surface area contributed by atoms with Crippen molar-refractivity contribution in [1.82, 2.24) is 4.98 Å². The summed E-state index contributed by atoms with van der Waals surface area (Å²) in [5.74, 6) is 0.707. The molecule has 0 N–H and O–H groups in total. The number of nitrogens with zero attached hydrogens (tertiary/aromatic N) is 1. The van der Waals surface area contributed by atoms with Crippen LogP contribution in [0.1, 0.15) is 36.3 Å². The van der Waals surface area contributed by atoms with Crippen molar-refractivity contribution in [3.8, 4) is 0 Å². The van der Waals surface area contributed by atoms with Gasteiger partial charge in [0, 0.05) is 16.6 Å². The molecule has 0 aliphatic heterocycles. The van der Waals surface area contributed by atoms with E-state index in [4.69, 9.17) is 0 Å². The summed E-state index contributed by atoms with van der Waals surface area (Å²) in [6.45, 7) is 6.64. The summed E-state index contributed by atoms with van der Waals surface area (Å²) in [5.41, 5.74) is 1.28. The summed E-state index contributed by atoms with van der Waals surface area (Å²) in [6, 6.07) is 0. The van der Waals surface area contributed by atoms with Crippen molar-refractivity contribution in [3.05, 3.63) is 15.6 Å². The van der Waals surface area contributed by atoms with Crippen molar-refractivity contribution in [3.63, 3.8) is 0 Å². The first-order valence-electron chi connectivity index (χ1n) is 4.70. The van der Waals surface area contributed by atoms with Crippen molar-refractivity contribution in [1.29, 1.82) is 0 Å². The lowest BCUT2D eigenvalue weighted by Crippen LogP contribution is -1.93. The fraction of sp³-hybridized carbons (Fsp3) is 0.700. The van der Waals surface area contributed by atoms with Gasteiger partial charge in [-0.1, -0.05) is 36.7 Å². The van der Waals surface area contributed by atoms with Crippen molar-refractivity contribution >= 4 is 27.3 Å². The number of aromatic nitrogens is 1. The molecule has 74 valence electrons. The minimum absolute atomic E-state index is 0.707. The molecule has 0 bridgehead atoms. The van der Waals surface area contributed by atoms with E-state index in [9.17, 15) is 0 Å². The maximum absolute atomic E-state index is 4.63. The van der Waals surface area contributed by atoms with Crippen LogP contribution in [-0.2, 0) is 18.2 Å². The van der Waals surface area contributed by atoms with Gasteiger partial charge in [-0.05, 0) is 12.3 Å². The number of thiazole rings is 1. The SMILES string of the molecule is CCc1nc(CC(C)C)sc1CBr. The molecular formula is C10H16BrNS. The molecule has 1 nitrogen and oxygen atoms in total. The number of rotatable bonds is 4. The van der Waals surface area contributed by atoms with E-state index in [-0.39, 0.29) is 0 Å². The van der Waals surface area contributed by atoms with E-state index in [1.807, 2.05) is 11.3 Å². The molecule has 0 aliphatic rings. The van der Waals surface area contributed by atoms with Crippen molar-refractivity contribution < 1.29 is 0 Å². The second-order valence-electron chi connectivity index (χ2n) is 3.56. The quantitative estimate of drug-likeness (QED) is 0.752. The zero-order valence-corrected chi connectivity index (χ0v) is 10.8. The predicted molar refractivity (Wildman–Crippen MR) is 62.7 cm³/mol. The van der Waals surface area contributed by atoms with Gasteiger partial charge in [0.15, 0.2) is 0 Å². The molecule has 1 aromatic heterocycles. The molecule has 0 spiro atoms. The highest BCUT2D eigenvalue weighted by molar-refractivity contribution is 9.08. The number of aryl methyl sites for hydroxylation is 1. The molecule has 0 amide bonds. The van der Waals surface area contributed by atoms with Crippen LogP contribution in [0.3, 0.4) is 0 Å². The van der Waals surface area contributed by atoms with Gasteiger partial charge in [-0.3, -0.25) is 0 Å². The van der Waals surface area contributed by atoms with Crippen molar-refractivity contribution in [2.45, 2.75) is 38.9 Å². The molecular weight excluding hydrogens is 246 g/mol. The van der Waals surface area contributed by atoms with Crippen LogP contribution in [0.5, 0.6) is 0 Å². The Morgan fingerprint density at radius 3 is 2.54 bits per heavy atom. The van der Waals surface area contributed by atoms with Crippen LogP contribution >= 0.6 is 27.3 Å². The Morgan fingerprint density at radius 1 is 1.46 bits per heavy atom. The molecule has 0 aliphatic carbocycles. The molecule has 0 aromatic carbocycles. The van der Waals surface area contributed by atoms with Gasteiger partial charge in [0.1, 0.15) is 0 Å². The molecule has 1 rings (SSSR count). The molecule has 3 heteroatoms. The minimum atomic E-state index is 0.707. The standard InChI is InChI=1S/C10H16BrNS/c1-4-8-9(6-11)13-10(12-8)5-7(2)3/h7H,4-6H2,1-3H3. The third-order valence-corrected chi connectivity index (χ3v) is 3.91. The number of alkyl halides is 1. The van der Waals surface area contributed by atoms with Crippen molar-refractivity contribution in [2.24, 2.45) is 5.92 Å². The molecule has 1 heterocycles. The van der Waals surface area contributed by atoms with Crippen molar-refractivity contribution in [2.75, 3.05) is 0 Å². The number of halogens is 1. The average Bonchev–Trinajstić information content (AvgIpc) is 2.45. The zero-order chi connectivity index (χ0) is 9.84. The normalized spacial score (nSPS) is 11.2. The largest absolute Gasteiger partial charge is 0.246 e. The van der Waals surface area contributed by atoms with E-state index in [1.165, 1.54) is 15.6 Å². The Morgan fingerprint density at radius 2 is 2.15 bits per heavy atom. The predicted octanol–water partition coefficient (Wildman–Crippen LogP) is 3.80. The van der Waals surface area contributed by atoms with E-state index in [0.29, 0.717) is 5.92 Å². The molecule has 0 atom stereocenters. The second-order valence-corrected chi connectivity index (χ2v) is 5.29. The first-order chi connectivity index (χ1) is 6.17. The fourth-order valence-electron chi connectivity index (χ4n) is 1.25. The Balaban J connectivity index is 2.80. The van der Waals surface area contributed by atoms with E-state index in [0.717, 1.165) is 18.2 Å². The molecule has 0 saturated heterocycles. The van der Waals surface area contributed by atoms with Gasteiger partial charge in [0.05, 0.1) is 10.7 Å². The third kappa shape index (κ3) is 3.06. The van der Waals surface area contributed by atoms with Crippen LogP contribution in [-0.4, -0.2) is 4.98 Å². The van der Waals surface area contributed by atoms with Crippen LogP contribution in [0.25, 0.3) is 0 Å². The van der Waals surface area contributed by atoms with E-state index >= 15 is 0 Å². The Kier molecular flexibility index (Phi) is 4.39. The zero-order valence-electron chi connectivity index (χ0n) is 8.43. The maximum Gasteiger partial charge on any atom is 0.0933 e. The minimum Gasteiger partial charge on any atom is -0.246 e. The van der Waals surface area contributed by atoms with Gasteiger partial charge >= 0.3 is 0 Å². The summed E-state index contributed by atoms with van der Waals surface area (Å²) >= 11 is 5.35. The van der Waals surface area contributed by atoms with Crippen LogP contribution < -0.4 is 0 Å². The Bertz CT molecular complexity index is 246. The molecule has 1 aromatic rings. The third-order valence-electron chi connectivity index (χ3n) is 1.86. The second kappa shape index (κ2) is 5.11. The highest BCUT2D eigenvalue weighted by atomic mass is 79.9. The Labute approximate surface area is 92.7 Å². The lowest BCUT2D eigenvalue weighted by Gasteiger charge is -1.98. The van der Waals surface area contributed by atoms with Crippen LogP contribution in [0.2, 0.25) is 0 Å². The molecule has 0 fully saturated rings. The summed E-state index contributed by atoms with van der Waals surface area (Å²) in [7, 11) is 0. The van der Waals surface area contributed by atoms with Crippen LogP contribution in [0.4, 0.5) is 0 Å². The first kappa shape index (κ1) is 11.2. The van der Waals surface area contributed by atoms with Crippen LogP contribution in [0, 0.1) is 5.92 Å². The van der Waals surface area contributed by atoms with E-state index in [1.54, 1.807) is 0 Å². The van der Waals surface area contributed by atoms with Gasteiger partial charge in [-0.25, -0.2) is 4.98 Å². The lowest BCUT2D eigenvalue weighted by molar-refractivity contribution is 0.643. The lowest BCUT2D eigenvalue weighted by atomic mass is 10.1. The summed E-state index contributed by atoms with van der Waals surface area (Å²) in [5, 5.41) is 2.24.